The molecule has 0 atom stereocenters. The van der Waals surface area contributed by atoms with Gasteiger partial charge in [0.05, 0.1) is 20.8 Å². The van der Waals surface area contributed by atoms with Crippen LogP contribution in [0.15, 0.2) is 42.5 Å². The third-order valence-corrected chi connectivity index (χ3v) is 3.71. The van der Waals surface area contributed by atoms with Crippen LogP contribution in [0.25, 0.3) is 0 Å². The summed E-state index contributed by atoms with van der Waals surface area (Å²) in [7, 11) is 2.94. The highest BCUT2D eigenvalue weighted by atomic mass is 16.5. The van der Waals surface area contributed by atoms with Gasteiger partial charge in [-0.25, -0.2) is 0 Å². The Hall–Kier alpha value is -3.02. The average Bonchev–Trinajstić information content (AvgIpc) is 2.65. The fraction of sp³-hybridized carbons (Fsp3) is 0.263. The SMILES string of the molecule is CCc1ccc(NC(=O)CNC(=O)c2c(OC)cccc2OC)cc1. The minimum atomic E-state index is -0.439. The molecule has 2 N–H and O–H groups in total. The molecule has 132 valence electrons. The number of methoxy groups -OCH3 is 2. The van der Waals surface area contributed by atoms with Gasteiger partial charge in [0.15, 0.2) is 0 Å². The van der Waals surface area contributed by atoms with Crippen molar-refractivity contribution in [2.45, 2.75) is 13.3 Å². The molecule has 2 amide bonds. The first-order valence-corrected chi connectivity index (χ1v) is 7.97. The molecular formula is C19H22N2O4. The molecule has 0 aliphatic rings. The van der Waals surface area contributed by atoms with Crippen LogP contribution in [-0.2, 0) is 11.2 Å². The number of nitrogens with one attached hydrogen (secondary N) is 2. The van der Waals surface area contributed by atoms with Gasteiger partial charge in [0.2, 0.25) is 5.91 Å². The van der Waals surface area contributed by atoms with Crippen molar-refractivity contribution in [1.82, 2.24) is 5.32 Å². The van der Waals surface area contributed by atoms with Crippen molar-refractivity contribution in [3.05, 3.63) is 53.6 Å². The van der Waals surface area contributed by atoms with Crippen LogP contribution >= 0.6 is 0 Å². The van der Waals surface area contributed by atoms with Crippen LogP contribution in [0.5, 0.6) is 11.5 Å². The van der Waals surface area contributed by atoms with Crippen molar-refractivity contribution in [2.24, 2.45) is 0 Å². The zero-order chi connectivity index (χ0) is 18.2. The van der Waals surface area contributed by atoms with Gasteiger partial charge in [-0.2, -0.15) is 0 Å². The number of anilines is 1. The average molecular weight is 342 g/mol. The summed E-state index contributed by atoms with van der Waals surface area (Å²) in [5, 5.41) is 5.32. The lowest BCUT2D eigenvalue weighted by Crippen LogP contribution is -2.33. The molecule has 0 aliphatic heterocycles. The highest BCUT2D eigenvalue weighted by Gasteiger charge is 2.18. The third kappa shape index (κ3) is 4.73. The van der Waals surface area contributed by atoms with E-state index in [1.165, 1.54) is 19.8 Å². The molecule has 0 saturated heterocycles. The van der Waals surface area contributed by atoms with Crippen LogP contribution in [0.3, 0.4) is 0 Å². The van der Waals surface area contributed by atoms with Crippen molar-refractivity contribution in [3.8, 4) is 11.5 Å². The molecular weight excluding hydrogens is 320 g/mol. The Morgan fingerprint density at radius 2 is 1.56 bits per heavy atom. The summed E-state index contributed by atoms with van der Waals surface area (Å²) in [5.41, 5.74) is 2.13. The van der Waals surface area contributed by atoms with Crippen LogP contribution in [0.1, 0.15) is 22.8 Å². The Morgan fingerprint density at radius 1 is 0.960 bits per heavy atom. The van der Waals surface area contributed by atoms with E-state index in [4.69, 9.17) is 9.47 Å². The van der Waals surface area contributed by atoms with Gasteiger partial charge in [-0.15, -0.1) is 0 Å². The number of ether oxygens (including phenoxy) is 2. The summed E-state index contributed by atoms with van der Waals surface area (Å²) in [4.78, 5) is 24.4. The van der Waals surface area contributed by atoms with Crippen LogP contribution in [0, 0.1) is 0 Å². The summed E-state index contributed by atoms with van der Waals surface area (Å²) in [5.74, 6) is 0.0112. The molecule has 2 rings (SSSR count). The van der Waals surface area contributed by atoms with Gasteiger partial charge in [-0.3, -0.25) is 9.59 Å². The van der Waals surface area contributed by atoms with Crippen LogP contribution < -0.4 is 20.1 Å². The zero-order valence-corrected chi connectivity index (χ0v) is 14.6. The first-order chi connectivity index (χ1) is 12.1. The van der Waals surface area contributed by atoms with E-state index in [2.05, 4.69) is 17.6 Å². The quantitative estimate of drug-likeness (QED) is 0.811. The predicted octanol–water partition coefficient (Wildman–Crippen LogP) is 2.63. The molecule has 0 bridgehead atoms. The van der Waals surface area contributed by atoms with E-state index in [9.17, 15) is 9.59 Å². The van der Waals surface area contributed by atoms with Gasteiger partial charge in [-0.05, 0) is 36.2 Å². The van der Waals surface area contributed by atoms with E-state index in [-0.39, 0.29) is 18.0 Å². The van der Waals surface area contributed by atoms with Gasteiger partial charge in [-0.1, -0.05) is 25.1 Å². The Morgan fingerprint density at radius 3 is 2.08 bits per heavy atom. The third-order valence-electron chi connectivity index (χ3n) is 3.71. The van der Waals surface area contributed by atoms with Gasteiger partial charge < -0.3 is 20.1 Å². The normalized spacial score (nSPS) is 10.0. The van der Waals surface area contributed by atoms with E-state index >= 15 is 0 Å². The van der Waals surface area contributed by atoms with Gasteiger partial charge in [0.1, 0.15) is 17.1 Å². The second-order valence-corrected chi connectivity index (χ2v) is 5.32. The molecule has 0 saturated carbocycles. The van der Waals surface area contributed by atoms with E-state index in [0.29, 0.717) is 17.2 Å². The van der Waals surface area contributed by atoms with Gasteiger partial charge in [0.25, 0.3) is 5.91 Å². The van der Waals surface area contributed by atoms with E-state index in [1.807, 2.05) is 24.3 Å². The van der Waals surface area contributed by atoms with Crippen molar-refractivity contribution in [2.75, 3.05) is 26.1 Å². The maximum absolute atomic E-state index is 12.4. The number of amides is 2. The molecule has 0 fully saturated rings. The van der Waals surface area contributed by atoms with E-state index in [1.54, 1.807) is 18.2 Å². The smallest absolute Gasteiger partial charge is 0.259 e. The molecule has 2 aromatic rings. The van der Waals surface area contributed by atoms with Crippen molar-refractivity contribution in [3.63, 3.8) is 0 Å². The highest BCUT2D eigenvalue weighted by Crippen LogP contribution is 2.27. The number of benzene rings is 2. The Balaban J connectivity index is 1.98. The minimum Gasteiger partial charge on any atom is -0.496 e. The molecule has 0 spiro atoms. The molecule has 25 heavy (non-hydrogen) atoms. The van der Waals surface area contributed by atoms with Crippen LogP contribution in [-0.4, -0.2) is 32.6 Å². The lowest BCUT2D eigenvalue weighted by molar-refractivity contribution is -0.115. The number of carbonyl (C=O) groups excluding carboxylic acids is 2. The number of rotatable bonds is 7. The standard InChI is InChI=1S/C19H22N2O4/c1-4-13-8-10-14(11-9-13)21-17(22)12-20-19(23)18-15(24-2)6-5-7-16(18)25-3/h5-11H,4,12H2,1-3H3,(H,20,23)(H,21,22). The van der Waals surface area contributed by atoms with Crippen molar-refractivity contribution in [1.29, 1.82) is 0 Å². The summed E-state index contributed by atoms with van der Waals surface area (Å²) < 4.78 is 10.4. The largest absolute Gasteiger partial charge is 0.496 e. The monoisotopic (exact) mass is 342 g/mol. The topological polar surface area (TPSA) is 76.7 Å². The first-order valence-electron chi connectivity index (χ1n) is 7.97. The van der Waals surface area contributed by atoms with Crippen molar-refractivity contribution >= 4 is 17.5 Å². The maximum Gasteiger partial charge on any atom is 0.259 e. The molecule has 0 radical (unpaired) electrons. The number of aryl methyl sites for hydroxylation is 1. The van der Waals surface area contributed by atoms with Crippen molar-refractivity contribution < 1.29 is 19.1 Å². The molecule has 6 nitrogen and oxygen atoms in total. The van der Waals surface area contributed by atoms with Crippen LogP contribution in [0.4, 0.5) is 5.69 Å². The summed E-state index contributed by atoms with van der Waals surface area (Å²) in [6.45, 7) is 1.91. The predicted molar refractivity (Wildman–Crippen MR) is 96.3 cm³/mol. The van der Waals surface area contributed by atoms with Gasteiger partial charge >= 0.3 is 0 Å². The summed E-state index contributed by atoms with van der Waals surface area (Å²) in [6, 6.07) is 12.6. The summed E-state index contributed by atoms with van der Waals surface area (Å²) in [6.07, 6.45) is 0.936. The maximum atomic E-state index is 12.4. The fourth-order valence-electron chi connectivity index (χ4n) is 2.35. The highest BCUT2D eigenvalue weighted by molar-refractivity contribution is 6.02. The molecule has 0 heterocycles. The molecule has 2 aromatic carbocycles. The molecule has 0 aromatic heterocycles. The molecule has 0 unspecified atom stereocenters. The Bertz CT molecular complexity index is 719. The first kappa shape index (κ1) is 18.3. The van der Waals surface area contributed by atoms with Crippen LogP contribution in [0.2, 0.25) is 0 Å². The molecule has 0 aliphatic carbocycles. The van der Waals surface area contributed by atoms with Gasteiger partial charge in [0, 0.05) is 5.69 Å². The second-order valence-electron chi connectivity index (χ2n) is 5.32. The number of carbonyl (C=O) groups is 2. The second kappa shape index (κ2) is 8.73. The lowest BCUT2D eigenvalue weighted by Gasteiger charge is -2.13. The zero-order valence-electron chi connectivity index (χ0n) is 14.6. The molecule has 6 heteroatoms. The van der Waals surface area contributed by atoms with E-state index < -0.39 is 5.91 Å². The minimum absolute atomic E-state index is 0.157. The number of hydrogen-bond acceptors (Lipinski definition) is 4. The fourth-order valence-corrected chi connectivity index (χ4v) is 2.35. The Labute approximate surface area is 147 Å². The Kier molecular flexibility index (Phi) is 6.39. The van der Waals surface area contributed by atoms with E-state index in [0.717, 1.165) is 6.42 Å². The lowest BCUT2D eigenvalue weighted by atomic mass is 10.1. The number of hydrogen-bond donors (Lipinski definition) is 2. The summed E-state index contributed by atoms with van der Waals surface area (Å²) >= 11 is 0.